The van der Waals surface area contributed by atoms with E-state index in [9.17, 15) is 0 Å². The Labute approximate surface area is 164 Å². The van der Waals surface area contributed by atoms with E-state index < -0.39 is 0 Å². The first-order valence-corrected chi connectivity index (χ1v) is 10.00. The van der Waals surface area contributed by atoms with Gasteiger partial charge in [-0.15, -0.1) is 0 Å². The predicted molar refractivity (Wildman–Crippen MR) is 114 cm³/mol. The Morgan fingerprint density at radius 1 is 1.33 bits per heavy atom. The standard InChI is InChI=1S/C24H33N3/c1-17-8-9-21(24(3,4)5)12-20(17)13-23-18(2)11-22(27-23)16-26-15-19-7-6-10-25-14-19/h6-7,10-11,13-14,21,26-27H,1,8-9,12,15-16H2,2-5H3/b20-13-. The number of aryl methyl sites for hydroxylation is 1. The van der Waals surface area contributed by atoms with Gasteiger partial charge >= 0.3 is 0 Å². The minimum atomic E-state index is 0.353. The molecule has 2 aromatic heterocycles. The van der Waals surface area contributed by atoms with Gasteiger partial charge in [0.15, 0.2) is 0 Å². The third-order valence-corrected chi connectivity index (χ3v) is 5.74. The first-order chi connectivity index (χ1) is 12.8. The first-order valence-electron chi connectivity index (χ1n) is 10.00. The molecule has 0 bridgehead atoms. The van der Waals surface area contributed by atoms with Gasteiger partial charge in [0.1, 0.15) is 0 Å². The monoisotopic (exact) mass is 363 g/mol. The van der Waals surface area contributed by atoms with Crippen LogP contribution in [0.15, 0.2) is 48.3 Å². The number of hydrogen-bond acceptors (Lipinski definition) is 2. The molecule has 0 aromatic carbocycles. The molecule has 1 aliphatic rings. The van der Waals surface area contributed by atoms with Crippen LogP contribution < -0.4 is 5.32 Å². The van der Waals surface area contributed by atoms with E-state index in [0.29, 0.717) is 5.41 Å². The average Bonchev–Trinajstić information content (AvgIpc) is 2.96. The van der Waals surface area contributed by atoms with Gasteiger partial charge in [0.25, 0.3) is 0 Å². The van der Waals surface area contributed by atoms with Crippen molar-refractivity contribution in [2.45, 2.75) is 60.0 Å². The number of nitrogens with zero attached hydrogens (tertiary/aromatic N) is 1. The van der Waals surface area contributed by atoms with Crippen molar-refractivity contribution in [3.63, 3.8) is 0 Å². The second kappa shape index (κ2) is 8.26. The summed E-state index contributed by atoms with van der Waals surface area (Å²) in [6.07, 6.45) is 9.56. The molecule has 2 aromatic rings. The second-order valence-electron chi connectivity index (χ2n) is 8.93. The van der Waals surface area contributed by atoms with Gasteiger partial charge in [-0.25, -0.2) is 0 Å². The van der Waals surface area contributed by atoms with Crippen molar-refractivity contribution in [1.82, 2.24) is 15.3 Å². The predicted octanol–water partition coefficient (Wildman–Crippen LogP) is 5.79. The molecule has 2 N–H and O–H groups in total. The summed E-state index contributed by atoms with van der Waals surface area (Å²) in [6.45, 7) is 15.2. The van der Waals surface area contributed by atoms with E-state index in [1.165, 1.54) is 40.1 Å². The van der Waals surface area contributed by atoms with Gasteiger partial charge in [-0.3, -0.25) is 4.98 Å². The highest BCUT2D eigenvalue weighted by molar-refractivity contribution is 5.59. The number of rotatable bonds is 5. The summed E-state index contributed by atoms with van der Waals surface area (Å²) in [4.78, 5) is 7.75. The van der Waals surface area contributed by atoms with Crippen molar-refractivity contribution in [3.05, 3.63) is 70.8 Å². The molecule has 1 saturated carbocycles. The van der Waals surface area contributed by atoms with Gasteiger partial charge in [0.05, 0.1) is 0 Å². The largest absolute Gasteiger partial charge is 0.358 e. The van der Waals surface area contributed by atoms with Gasteiger partial charge in [-0.1, -0.05) is 39.0 Å². The van der Waals surface area contributed by atoms with Crippen LogP contribution in [0.1, 0.15) is 62.5 Å². The van der Waals surface area contributed by atoms with Crippen LogP contribution in [0.5, 0.6) is 0 Å². The molecule has 1 atom stereocenters. The van der Waals surface area contributed by atoms with Crippen LogP contribution in [0.2, 0.25) is 0 Å². The molecule has 0 amide bonds. The normalized spacial score (nSPS) is 19.6. The molecule has 0 spiro atoms. The fraction of sp³-hybridized carbons (Fsp3) is 0.458. The zero-order chi connectivity index (χ0) is 19.4. The van der Waals surface area contributed by atoms with Crippen LogP contribution in [0.4, 0.5) is 0 Å². The van der Waals surface area contributed by atoms with Crippen molar-refractivity contribution in [2.75, 3.05) is 0 Å². The Morgan fingerprint density at radius 3 is 2.85 bits per heavy atom. The van der Waals surface area contributed by atoms with E-state index in [0.717, 1.165) is 31.8 Å². The number of hydrogen-bond donors (Lipinski definition) is 2. The summed E-state index contributed by atoms with van der Waals surface area (Å²) >= 11 is 0. The van der Waals surface area contributed by atoms with Crippen molar-refractivity contribution in [3.8, 4) is 0 Å². The maximum Gasteiger partial charge on any atom is 0.0415 e. The van der Waals surface area contributed by atoms with Gasteiger partial charge in [-0.05, 0) is 72.4 Å². The van der Waals surface area contributed by atoms with Gasteiger partial charge < -0.3 is 10.3 Å². The van der Waals surface area contributed by atoms with E-state index in [2.05, 4.69) is 67.8 Å². The van der Waals surface area contributed by atoms with Crippen LogP contribution in [0.25, 0.3) is 6.08 Å². The number of aromatic nitrogens is 2. The summed E-state index contributed by atoms with van der Waals surface area (Å²) in [6, 6.07) is 6.31. The highest BCUT2D eigenvalue weighted by Gasteiger charge is 2.29. The Balaban J connectivity index is 1.66. The first kappa shape index (κ1) is 19.6. The minimum absolute atomic E-state index is 0.353. The lowest BCUT2D eigenvalue weighted by atomic mass is 9.69. The van der Waals surface area contributed by atoms with Gasteiger partial charge in [0, 0.05) is 36.9 Å². The van der Waals surface area contributed by atoms with E-state index >= 15 is 0 Å². The number of allylic oxidation sites excluding steroid dienone is 2. The number of H-pyrrole nitrogens is 1. The molecule has 144 valence electrons. The highest BCUT2D eigenvalue weighted by Crippen LogP contribution is 2.42. The molecular formula is C24H33N3. The lowest BCUT2D eigenvalue weighted by Crippen LogP contribution is -2.24. The minimum Gasteiger partial charge on any atom is -0.358 e. The molecule has 1 unspecified atom stereocenters. The molecule has 1 aliphatic carbocycles. The average molecular weight is 364 g/mol. The lowest BCUT2D eigenvalue weighted by Gasteiger charge is -2.36. The third kappa shape index (κ3) is 5.20. The second-order valence-corrected chi connectivity index (χ2v) is 8.93. The van der Waals surface area contributed by atoms with Crippen LogP contribution >= 0.6 is 0 Å². The molecule has 3 rings (SSSR count). The number of aromatic amines is 1. The molecule has 0 aliphatic heterocycles. The zero-order valence-corrected chi connectivity index (χ0v) is 17.2. The summed E-state index contributed by atoms with van der Waals surface area (Å²) in [5.74, 6) is 0.727. The molecule has 1 fully saturated rings. The van der Waals surface area contributed by atoms with Crippen LogP contribution in [-0.4, -0.2) is 9.97 Å². The van der Waals surface area contributed by atoms with Crippen LogP contribution in [0, 0.1) is 18.3 Å². The van der Waals surface area contributed by atoms with E-state index in [1.54, 1.807) is 6.20 Å². The number of nitrogens with one attached hydrogen (secondary N) is 2. The molecule has 3 nitrogen and oxygen atoms in total. The van der Waals surface area contributed by atoms with E-state index in [1.807, 2.05) is 12.3 Å². The molecule has 2 heterocycles. The molecule has 0 saturated heterocycles. The maximum atomic E-state index is 4.33. The topological polar surface area (TPSA) is 40.7 Å². The fourth-order valence-electron chi connectivity index (χ4n) is 3.83. The molecule has 0 radical (unpaired) electrons. The lowest BCUT2D eigenvalue weighted by molar-refractivity contribution is 0.216. The molecule has 3 heteroatoms. The van der Waals surface area contributed by atoms with E-state index in [-0.39, 0.29) is 0 Å². The van der Waals surface area contributed by atoms with Crippen molar-refractivity contribution >= 4 is 6.08 Å². The third-order valence-electron chi connectivity index (χ3n) is 5.74. The SMILES string of the molecule is C=C1CCC(C(C)(C)C)C/C1=C/c1[nH]c(CNCc2cccnc2)cc1C. The van der Waals surface area contributed by atoms with Crippen LogP contribution in [0.3, 0.4) is 0 Å². The summed E-state index contributed by atoms with van der Waals surface area (Å²) in [7, 11) is 0. The Bertz CT molecular complexity index is 806. The van der Waals surface area contributed by atoms with E-state index in [4.69, 9.17) is 0 Å². The summed E-state index contributed by atoms with van der Waals surface area (Å²) in [5.41, 5.74) is 8.02. The summed E-state index contributed by atoms with van der Waals surface area (Å²) in [5, 5.41) is 3.49. The van der Waals surface area contributed by atoms with Crippen molar-refractivity contribution < 1.29 is 0 Å². The number of pyridine rings is 1. The zero-order valence-electron chi connectivity index (χ0n) is 17.2. The quantitative estimate of drug-likeness (QED) is 0.705. The Kier molecular flexibility index (Phi) is 6.01. The Morgan fingerprint density at radius 2 is 2.15 bits per heavy atom. The maximum absolute atomic E-state index is 4.33. The molecule has 27 heavy (non-hydrogen) atoms. The summed E-state index contributed by atoms with van der Waals surface area (Å²) < 4.78 is 0. The Hall–Kier alpha value is -2.13. The van der Waals surface area contributed by atoms with Gasteiger partial charge in [-0.2, -0.15) is 0 Å². The smallest absolute Gasteiger partial charge is 0.0415 e. The fourth-order valence-corrected chi connectivity index (χ4v) is 3.83. The molecular weight excluding hydrogens is 330 g/mol. The van der Waals surface area contributed by atoms with Crippen LogP contribution in [-0.2, 0) is 13.1 Å². The van der Waals surface area contributed by atoms with Crippen molar-refractivity contribution in [2.24, 2.45) is 11.3 Å². The van der Waals surface area contributed by atoms with Crippen molar-refractivity contribution in [1.29, 1.82) is 0 Å². The highest BCUT2D eigenvalue weighted by atomic mass is 14.9. The van der Waals surface area contributed by atoms with Gasteiger partial charge in [0.2, 0.25) is 0 Å².